The lowest BCUT2D eigenvalue weighted by atomic mass is 10.0. The van der Waals surface area contributed by atoms with Crippen LogP contribution in [0.15, 0.2) is 40.6 Å². The Bertz CT molecular complexity index is 840. The van der Waals surface area contributed by atoms with Crippen LogP contribution in [0.1, 0.15) is 20.8 Å². The van der Waals surface area contributed by atoms with Gasteiger partial charge in [-0.25, -0.2) is 8.42 Å². The van der Waals surface area contributed by atoms with Gasteiger partial charge in [-0.2, -0.15) is 4.31 Å². The summed E-state index contributed by atoms with van der Waals surface area (Å²) < 4.78 is 27.2. The van der Waals surface area contributed by atoms with Gasteiger partial charge in [-0.1, -0.05) is 18.2 Å². The molecule has 0 radical (unpaired) electrons. The first-order valence-corrected chi connectivity index (χ1v) is 9.91. The number of benzene rings is 1. The summed E-state index contributed by atoms with van der Waals surface area (Å²) >= 11 is 1.25. The number of amides is 1. The van der Waals surface area contributed by atoms with E-state index in [9.17, 15) is 13.2 Å². The molecule has 0 saturated carbocycles. The average molecular weight is 365 g/mol. The van der Waals surface area contributed by atoms with Crippen molar-refractivity contribution in [1.29, 1.82) is 0 Å². The van der Waals surface area contributed by atoms with Gasteiger partial charge in [0.25, 0.3) is 10.0 Å². The van der Waals surface area contributed by atoms with Gasteiger partial charge in [0.2, 0.25) is 5.91 Å². The Morgan fingerprint density at radius 3 is 2.58 bits per heavy atom. The zero-order valence-corrected chi connectivity index (χ0v) is 14.7. The average Bonchev–Trinajstić information content (AvgIpc) is 3.05. The minimum atomic E-state index is -3.44. The summed E-state index contributed by atoms with van der Waals surface area (Å²) in [5.74, 6) is -0.476. The first-order chi connectivity index (χ1) is 11.5. The molecule has 0 atom stereocenters. The summed E-state index contributed by atoms with van der Waals surface area (Å²) in [6.07, 6.45) is 0.487. The van der Waals surface area contributed by atoms with Crippen LogP contribution in [0.4, 0.5) is 0 Å². The van der Waals surface area contributed by atoms with Crippen LogP contribution in [0, 0.1) is 0 Å². The molecule has 0 bridgehead atoms. The summed E-state index contributed by atoms with van der Waals surface area (Å²) in [6.45, 7) is 2.31. The van der Waals surface area contributed by atoms with E-state index < -0.39 is 15.9 Å². The molecule has 6 nitrogen and oxygen atoms in total. The van der Waals surface area contributed by atoms with Crippen LogP contribution < -0.4 is 11.1 Å². The van der Waals surface area contributed by atoms with E-state index in [1.54, 1.807) is 24.3 Å². The maximum absolute atomic E-state index is 12.7. The van der Waals surface area contributed by atoms with Gasteiger partial charge < -0.3 is 11.1 Å². The highest BCUT2D eigenvalue weighted by Crippen LogP contribution is 2.27. The second-order valence-corrected chi connectivity index (χ2v) is 8.91. The smallest absolute Gasteiger partial charge is 0.252 e. The Kier molecular flexibility index (Phi) is 5.00. The van der Waals surface area contributed by atoms with Crippen molar-refractivity contribution < 1.29 is 13.2 Å². The zero-order chi connectivity index (χ0) is 17.2. The minimum absolute atomic E-state index is 0.343. The van der Waals surface area contributed by atoms with Crippen LogP contribution >= 0.6 is 11.3 Å². The molecule has 1 amide bonds. The van der Waals surface area contributed by atoms with Crippen molar-refractivity contribution in [3.63, 3.8) is 0 Å². The summed E-state index contributed by atoms with van der Waals surface area (Å²) in [7, 11) is -3.44. The van der Waals surface area contributed by atoms with Crippen LogP contribution in [-0.2, 0) is 16.4 Å². The zero-order valence-electron chi connectivity index (χ0n) is 13.1. The number of nitrogens with zero attached hydrogens (tertiary/aromatic N) is 1. The highest BCUT2D eigenvalue weighted by molar-refractivity contribution is 7.91. The molecule has 1 aromatic heterocycles. The topological polar surface area (TPSA) is 92.5 Å². The quantitative estimate of drug-likeness (QED) is 0.828. The molecular formula is C16H19N3O3S2. The van der Waals surface area contributed by atoms with Gasteiger partial charge in [-0.05, 0) is 23.8 Å². The SMILES string of the molecule is NC(=O)c1ccccc1Cc1ccc(S(=O)(=O)N2CCNCC2)s1. The maximum Gasteiger partial charge on any atom is 0.252 e. The number of carbonyl (C=O) groups is 1. The van der Waals surface area contributed by atoms with E-state index in [0.29, 0.717) is 42.4 Å². The van der Waals surface area contributed by atoms with Crippen molar-refractivity contribution in [2.75, 3.05) is 26.2 Å². The minimum Gasteiger partial charge on any atom is -0.366 e. The number of carbonyl (C=O) groups excluding carboxylic acids is 1. The maximum atomic E-state index is 12.7. The third-order valence-electron chi connectivity index (χ3n) is 3.95. The molecule has 1 aromatic carbocycles. The number of sulfonamides is 1. The molecule has 24 heavy (non-hydrogen) atoms. The lowest BCUT2D eigenvalue weighted by molar-refractivity contribution is 0.0999. The number of rotatable bonds is 5. The number of hydrogen-bond donors (Lipinski definition) is 2. The number of nitrogens with one attached hydrogen (secondary N) is 1. The number of nitrogens with two attached hydrogens (primary N) is 1. The van der Waals surface area contributed by atoms with E-state index in [4.69, 9.17) is 5.73 Å². The van der Waals surface area contributed by atoms with Crippen LogP contribution in [0.5, 0.6) is 0 Å². The molecule has 128 valence electrons. The molecule has 1 saturated heterocycles. The van der Waals surface area contributed by atoms with E-state index in [1.165, 1.54) is 15.6 Å². The summed E-state index contributed by atoms with van der Waals surface area (Å²) in [6, 6.07) is 10.6. The van der Waals surface area contributed by atoms with Gasteiger partial charge in [0.05, 0.1) is 0 Å². The summed E-state index contributed by atoms with van der Waals surface area (Å²) in [5, 5.41) is 3.15. The van der Waals surface area contributed by atoms with Crippen LogP contribution in [0.3, 0.4) is 0 Å². The Labute approximate surface area is 145 Å². The number of hydrogen-bond acceptors (Lipinski definition) is 5. The Balaban J connectivity index is 1.82. The first-order valence-electron chi connectivity index (χ1n) is 7.66. The van der Waals surface area contributed by atoms with Crippen molar-refractivity contribution in [2.24, 2.45) is 5.73 Å². The van der Waals surface area contributed by atoms with Gasteiger partial charge in [0.15, 0.2) is 0 Å². The van der Waals surface area contributed by atoms with E-state index >= 15 is 0 Å². The van der Waals surface area contributed by atoms with E-state index in [1.807, 2.05) is 12.1 Å². The van der Waals surface area contributed by atoms with Gasteiger partial charge in [-0.3, -0.25) is 4.79 Å². The molecule has 3 N–H and O–H groups in total. The molecule has 0 unspecified atom stereocenters. The van der Waals surface area contributed by atoms with Crippen LogP contribution in [-0.4, -0.2) is 44.8 Å². The summed E-state index contributed by atoms with van der Waals surface area (Å²) in [4.78, 5) is 12.4. The van der Waals surface area contributed by atoms with E-state index in [-0.39, 0.29) is 0 Å². The molecule has 2 heterocycles. The van der Waals surface area contributed by atoms with Gasteiger partial charge in [0, 0.05) is 43.0 Å². The molecular weight excluding hydrogens is 346 g/mol. The van der Waals surface area contributed by atoms with E-state index in [2.05, 4.69) is 5.32 Å². The molecule has 1 fully saturated rings. The fourth-order valence-electron chi connectivity index (χ4n) is 2.71. The fourth-order valence-corrected chi connectivity index (χ4v) is 5.68. The highest BCUT2D eigenvalue weighted by Gasteiger charge is 2.27. The highest BCUT2D eigenvalue weighted by atomic mass is 32.2. The Hall–Kier alpha value is -1.74. The van der Waals surface area contributed by atoms with Crippen molar-refractivity contribution in [1.82, 2.24) is 9.62 Å². The van der Waals surface area contributed by atoms with Crippen molar-refractivity contribution in [3.8, 4) is 0 Å². The Morgan fingerprint density at radius 1 is 1.17 bits per heavy atom. The standard InChI is InChI=1S/C16H19N3O3S2/c17-16(20)14-4-2-1-3-12(14)11-13-5-6-15(23-13)24(21,22)19-9-7-18-8-10-19/h1-6,18H,7-11H2,(H2,17,20). The van der Waals surface area contributed by atoms with Crippen molar-refractivity contribution in [2.45, 2.75) is 10.6 Å². The third-order valence-corrected chi connectivity index (χ3v) is 7.41. The number of thiophene rings is 1. The molecule has 3 rings (SSSR count). The molecule has 0 spiro atoms. The normalized spacial score (nSPS) is 16.2. The largest absolute Gasteiger partial charge is 0.366 e. The number of primary amides is 1. The van der Waals surface area contributed by atoms with Crippen LogP contribution in [0.25, 0.3) is 0 Å². The lowest BCUT2D eigenvalue weighted by Gasteiger charge is -2.25. The van der Waals surface area contributed by atoms with Crippen molar-refractivity contribution in [3.05, 3.63) is 52.4 Å². The van der Waals surface area contributed by atoms with Gasteiger partial charge >= 0.3 is 0 Å². The lowest BCUT2D eigenvalue weighted by Crippen LogP contribution is -2.46. The predicted molar refractivity (Wildman–Crippen MR) is 93.7 cm³/mol. The third kappa shape index (κ3) is 3.51. The monoisotopic (exact) mass is 365 g/mol. The molecule has 1 aliphatic heterocycles. The first kappa shape index (κ1) is 17.1. The molecule has 2 aromatic rings. The summed E-state index contributed by atoms with van der Waals surface area (Å²) in [5.41, 5.74) is 6.67. The van der Waals surface area contributed by atoms with Gasteiger partial charge in [0.1, 0.15) is 4.21 Å². The second-order valence-electron chi connectivity index (χ2n) is 5.57. The Morgan fingerprint density at radius 2 is 1.88 bits per heavy atom. The predicted octanol–water partition coefficient (Wildman–Crippen LogP) is 1.03. The fraction of sp³-hybridized carbons (Fsp3) is 0.312. The molecule has 0 aliphatic carbocycles. The second kappa shape index (κ2) is 7.02. The molecule has 8 heteroatoms. The van der Waals surface area contributed by atoms with Gasteiger partial charge in [-0.15, -0.1) is 11.3 Å². The van der Waals surface area contributed by atoms with Crippen molar-refractivity contribution >= 4 is 27.3 Å². The number of piperazine rings is 1. The van der Waals surface area contributed by atoms with E-state index in [0.717, 1.165) is 10.4 Å². The molecule has 1 aliphatic rings. The van der Waals surface area contributed by atoms with Crippen LogP contribution in [0.2, 0.25) is 0 Å².